The Balaban J connectivity index is 1.62. The summed E-state index contributed by atoms with van der Waals surface area (Å²) in [6.07, 6.45) is 0.419. The number of carbonyl (C=O) groups is 2. The Bertz CT molecular complexity index is 810. The Morgan fingerprint density at radius 3 is 2.62 bits per heavy atom. The van der Waals surface area contributed by atoms with Gasteiger partial charge in [-0.3, -0.25) is 9.59 Å². The number of rotatable bonds is 2. The topological polar surface area (TPSA) is 61.4 Å². The van der Waals surface area contributed by atoms with E-state index in [-0.39, 0.29) is 11.8 Å². The van der Waals surface area contributed by atoms with Gasteiger partial charge in [-0.2, -0.15) is 0 Å². The Labute approximate surface area is 140 Å². The van der Waals surface area contributed by atoms with Gasteiger partial charge in [0.05, 0.1) is 6.42 Å². The van der Waals surface area contributed by atoms with Gasteiger partial charge in [0.1, 0.15) is 0 Å². The number of amides is 2. The maximum Gasteiger partial charge on any atom is 0.253 e. The highest BCUT2D eigenvalue weighted by Crippen LogP contribution is 2.29. The Kier molecular flexibility index (Phi) is 3.78. The van der Waals surface area contributed by atoms with Crippen LogP contribution in [-0.4, -0.2) is 42.9 Å². The molecule has 4 rings (SSSR count). The molecule has 2 aliphatic heterocycles. The second kappa shape index (κ2) is 6.09. The number of piperazine rings is 1. The van der Waals surface area contributed by atoms with Crippen LogP contribution in [0.2, 0.25) is 0 Å². The van der Waals surface area contributed by atoms with E-state index in [1.165, 1.54) is 0 Å². The second-order valence-corrected chi connectivity index (χ2v) is 6.22. The molecule has 2 N–H and O–H groups in total. The molecule has 0 aromatic heterocycles. The average molecular weight is 321 g/mol. The zero-order valence-corrected chi connectivity index (χ0v) is 13.3. The van der Waals surface area contributed by atoms with Crippen molar-refractivity contribution in [1.82, 2.24) is 10.2 Å². The lowest BCUT2D eigenvalue weighted by Gasteiger charge is -2.27. The average Bonchev–Trinajstić information content (AvgIpc) is 3.01. The number of benzene rings is 2. The molecule has 5 heteroatoms. The van der Waals surface area contributed by atoms with E-state index in [4.69, 9.17) is 0 Å². The molecule has 2 aliphatic rings. The number of hydrogen-bond donors (Lipinski definition) is 2. The molecule has 2 amide bonds. The molecule has 0 saturated carbocycles. The van der Waals surface area contributed by atoms with Crippen LogP contribution in [0.15, 0.2) is 42.5 Å². The largest absolute Gasteiger partial charge is 0.336 e. The van der Waals surface area contributed by atoms with E-state index in [0.717, 1.165) is 48.6 Å². The van der Waals surface area contributed by atoms with E-state index >= 15 is 0 Å². The molecule has 1 saturated heterocycles. The Morgan fingerprint density at radius 2 is 1.79 bits per heavy atom. The van der Waals surface area contributed by atoms with Crippen LogP contribution in [0.25, 0.3) is 11.1 Å². The van der Waals surface area contributed by atoms with Gasteiger partial charge in [-0.15, -0.1) is 0 Å². The first kappa shape index (κ1) is 14.9. The molecule has 5 nitrogen and oxygen atoms in total. The molecular weight excluding hydrogens is 302 g/mol. The summed E-state index contributed by atoms with van der Waals surface area (Å²) in [6.45, 7) is 3.18. The highest BCUT2D eigenvalue weighted by atomic mass is 16.2. The van der Waals surface area contributed by atoms with E-state index in [9.17, 15) is 9.59 Å². The van der Waals surface area contributed by atoms with Gasteiger partial charge < -0.3 is 15.5 Å². The normalized spacial score (nSPS) is 16.7. The van der Waals surface area contributed by atoms with E-state index < -0.39 is 0 Å². The molecule has 0 bridgehead atoms. The van der Waals surface area contributed by atoms with Crippen molar-refractivity contribution in [2.45, 2.75) is 6.42 Å². The number of nitrogens with one attached hydrogen (secondary N) is 2. The van der Waals surface area contributed by atoms with Gasteiger partial charge in [-0.1, -0.05) is 18.2 Å². The lowest BCUT2D eigenvalue weighted by Crippen LogP contribution is -2.46. The maximum absolute atomic E-state index is 12.7. The van der Waals surface area contributed by atoms with Crippen molar-refractivity contribution < 1.29 is 9.59 Å². The van der Waals surface area contributed by atoms with Crippen molar-refractivity contribution in [2.24, 2.45) is 0 Å². The van der Waals surface area contributed by atoms with Crippen LogP contribution >= 0.6 is 0 Å². The van der Waals surface area contributed by atoms with Crippen LogP contribution in [-0.2, 0) is 11.2 Å². The van der Waals surface area contributed by atoms with Gasteiger partial charge in [0.2, 0.25) is 5.91 Å². The van der Waals surface area contributed by atoms with Gasteiger partial charge in [-0.05, 0) is 41.0 Å². The number of anilines is 1. The third-order valence-electron chi connectivity index (χ3n) is 4.58. The molecule has 0 radical (unpaired) electrons. The van der Waals surface area contributed by atoms with E-state index in [2.05, 4.69) is 10.6 Å². The van der Waals surface area contributed by atoms with E-state index in [1.54, 1.807) is 0 Å². The third-order valence-corrected chi connectivity index (χ3v) is 4.58. The van der Waals surface area contributed by atoms with Gasteiger partial charge >= 0.3 is 0 Å². The maximum atomic E-state index is 12.7. The molecule has 0 spiro atoms. The summed E-state index contributed by atoms with van der Waals surface area (Å²) in [5.41, 5.74) is 4.63. The van der Waals surface area contributed by atoms with Crippen molar-refractivity contribution in [3.05, 3.63) is 53.6 Å². The lowest BCUT2D eigenvalue weighted by molar-refractivity contribution is -0.115. The molecule has 0 aliphatic carbocycles. The fourth-order valence-electron chi connectivity index (χ4n) is 3.29. The second-order valence-electron chi connectivity index (χ2n) is 6.22. The summed E-state index contributed by atoms with van der Waals surface area (Å²) in [6, 6.07) is 13.7. The first-order valence-electron chi connectivity index (χ1n) is 8.24. The summed E-state index contributed by atoms with van der Waals surface area (Å²) in [5.74, 6) is 0.112. The fourth-order valence-corrected chi connectivity index (χ4v) is 3.29. The van der Waals surface area contributed by atoms with Crippen molar-refractivity contribution in [3.63, 3.8) is 0 Å². The summed E-state index contributed by atoms with van der Waals surface area (Å²) in [4.78, 5) is 26.0. The molecule has 0 atom stereocenters. The first-order valence-corrected chi connectivity index (χ1v) is 8.24. The van der Waals surface area contributed by atoms with Gasteiger partial charge in [0.25, 0.3) is 5.91 Å². The molecule has 2 aromatic carbocycles. The van der Waals surface area contributed by atoms with Gasteiger partial charge in [0.15, 0.2) is 0 Å². The van der Waals surface area contributed by atoms with E-state index in [1.807, 2.05) is 47.4 Å². The summed E-state index contributed by atoms with van der Waals surface area (Å²) in [5, 5.41) is 6.10. The zero-order valence-electron chi connectivity index (χ0n) is 13.3. The van der Waals surface area contributed by atoms with E-state index in [0.29, 0.717) is 12.0 Å². The third kappa shape index (κ3) is 2.78. The van der Waals surface area contributed by atoms with Crippen molar-refractivity contribution in [1.29, 1.82) is 0 Å². The van der Waals surface area contributed by atoms with Crippen LogP contribution in [0, 0.1) is 0 Å². The molecular formula is C19H19N3O2. The molecule has 2 heterocycles. The predicted octanol–water partition coefficient (Wildman–Crippen LogP) is 1.89. The van der Waals surface area contributed by atoms with Crippen LogP contribution in [0.5, 0.6) is 0 Å². The number of carbonyl (C=O) groups excluding carboxylic acids is 2. The Hall–Kier alpha value is -2.66. The van der Waals surface area contributed by atoms with Crippen LogP contribution < -0.4 is 10.6 Å². The molecule has 24 heavy (non-hydrogen) atoms. The summed E-state index contributed by atoms with van der Waals surface area (Å²) < 4.78 is 0. The summed E-state index contributed by atoms with van der Waals surface area (Å²) >= 11 is 0. The fraction of sp³-hybridized carbons (Fsp3) is 0.263. The minimum atomic E-state index is 0.0322. The van der Waals surface area contributed by atoms with Gasteiger partial charge in [-0.25, -0.2) is 0 Å². The smallest absolute Gasteiger partial charge is 0.253 e. The molecule has 2 aromatic rings. The number of nitrogens with zero attached hydrogens (tertiary/aromatic N) is 1. The standard InChI is InChI=1S/C19H19N3O2/c23-18-12-16-11-14(4-5-17(16)21-18)13-2-1-3-15(10-13)19(24)22-8-6-20-7-9-22/h1-5,10-11,20H,6-9,12H2,(H,21,23). The van der Waals surface area contributed by atoms with Crippen LogP contribution in [0.3, 0.4) is 0 Å². The lowest BCUT2D eigenvalue weighted by atomic mass is 9.99. The number of hydrogen-bond acceptors (Lipinski definition) is 3. The quantitative estimate of drug-likeness (QED) is 0.888. The molecule has 0 unspecified atom stereocenters. The first-order chi connectivity index (χ1) is 11.7. The van der Waals surface area contributed by atoms with Crippen molar-refractivity contribution in [3.8, 4) is 11.1 Å². The van der Waals surface area contributed by atoms with Crippen LogP contribution in [0.1, 0.15) is 15.9 Å². The zero-order chi connectivity index (χ0) is 16.5. The van der Waals surface area contributed by atoms with Crippen molar-refractivity contribution >= 4 is 17.5 Å². The van der Waals surface area contributed by atoms with Crippen molar-refractivity contribution in [2.75, 3.05) is 31.5 Å². The van der Waals surface area contributed by atoms with Crippen LogP contribution in [0.4, 0.5) is 5.69 Å². The minimum absolute atomic E-state index is 0.0322. The minimum Gasteiger partial charge on any atom is -0.336 e. The molecule has 1 fully saturated rings. The van der Waals surface area contributed by atoms with Gasteiger partial charge in [0, 0.05) is 37.4 Å². The Morgan fingerprint density at radius 1 is 1.00 bits per heavy atom. The summed E-state index contributed by atoms with van der Waals surface area (Å²) in [7, 11) is 0. The molecule has 122 valence electrons. The highest BCUT2D eigenvalue weighted by molar-refractivity contribution is 6.00. The highest BCUT2D eigenvalue weighted by Gasteiger charge is 2.20. The monoisotopic (exact) mass is 321 g/mol. The number of fused-ring (bicyclic) bond motifs is 1. The SMILES string of the molecule is O=C1Cc2cc(-c3cccc(C(=O)N4CCNCC4)c3)ccc2N1. The predicted molar refractivity (Wildman–Crippen MR) is 93.0 cm³/mol.